The largest absolute Gasteiger partial charge is 0.369 e. The molecule has 6 nitrogen and oxygen atoms in total. The first-order valence-electron chi connectivity index (χ1n) is 10.2. The third-order valence-corrected chi connectivity index (χ3v) is 5.57. The van der Waals surface area contributed by atoms with Gasteiger partial charge in [0.25, 0.3) is 5.69 Å². The van der Waals surface area contributed by atoms with Gasteiger partial charge in [0.1, 0.15) is 5.69 Å². The monoisotopic (exact) mass is 402 g/mol. The summed E-state index contributed by atoms with van der Waals surface area (Å²) in [4.78, 5) is 18.3. The van der Waals surface area contributed by atoms with E-state index < -0.39 is 0 Å². The average molecular weight is 402 g/mol. The quantitative estimate of drug-likeness (QED) is 0.442. The molecule has 3 aromatic carbocycles. The Bertz CT molecular complexity index is 987. The van der Waals surface area contributed by atoms with Crippen LogP contribution in [0.1, 0.15) is 5.56 Å². The Morgan fingerprint density at radius 3 is 2.17 bits per heavy atom. The molecule has 0 spiro atoms. The van der Waals surface area contributed by atoms with Crippen molar-refractivity contribution in [2.24, 2.45) is 0 Å². The summed E-state index contributed by atoms with van der Waals surface area (Å²) in [7, 11) is 2.12. The zero-order chi connectivity index (χ0) is 20.9. The van der Waals surface area contributed by atoms with Crippen LogP contribution in [-0.4, -0.2) is 43.0 Å². The van der Waals surface area contributed by atoms with E-state index in [2.05, 4.69) is 16.8 Å². The molecule has 6 heteroatoms. The summed E-state index contributed by atoms with van der Waals surface area (Å²) in [6.07, 6.45) is 0. The fourth-order valence-electron chi connectivity index (χ4n) is 3.83. The number of nitro benzene ring substituents is 1. The van der Waals surface area contributed by atoms with Crippen LogP contribution in [-0.2, 0) is 6.54 Å². The van der Waals surface area contributed by atoms with Crippen LogP contribution in [0.15, 0.2) is 78.9 Å². The predicted molar refractivity (Wildman–Crippen MR) is 122 cm³/mol. The number of hydrogen-bond donors (Lipinski definition) is 0. The van der Waals surface area contributed by atoms with E-state index in [1.807, 2.05) is 77.7 Å². The molecule has 0 amide bonds. The molecule has 3 aromatic rings. The zero-order valence-corrected chi connectivity index (χ0v) is 17.1. The summed E-state index contributed by atoms with van der Waals surface area (Å²) < 4.78 is 0. The lowest BCUT2D eigenvalue weighted by Crippen LogP contribution is -2.44. The standard InChI is InChI=1S/C24H26N4O2/c1-25-14-16-26(17-15-25)22-12-13-23(28(29)30)24(18-22)27(21-10-6-3-7-11-21)19-20-8-4-2-5-9-20/h2-13,18H,14-17,19H2,1H3. The van der Waals surface area contributed by atoms with Crippen molar-refractivity contribution in [3.05, 3.63) is 94.5 Å². The number of nitro groups is 1. The van der Waals surface area contributed by atoms with Gasteiger partial charge in [-0.3, -0.25) is 10.1 Å². The maximum absolute atomic E-state index is 11.9. The second-order valence-electron chi connectivity index (χ2n) is 7.63. The van der Waals surface area contributed by atoms with Crippen molar-refractivity contribution in [1.82, 2.24) is 4.90 Å². The van der Waals surface area contributed by atoms with Gasteiger partial charge in [-0.15, -0.1) is 0 Å². The topological polar surface area (TPSA) is 52.9 Å². The van der Waals surface area contributed by atoms with Crippen molar-refractivity contribution >= 4 is 22.7 Å². The molecule has 4 rings (SSSR count). The van der Waals surface area contributed by atoms with Gasteiger partial charge in [0.2, 0.25) is 0 Å². The molecule has 1 heterocycles. The average Bonchev–Trinajstić information content (AvgIpc) is 2.79. The van der Waals surface area contributed by atoms with E-state index >= 15 is 0 Å². The Morgan fingerprint density at radius 2 is 1.53 bits per heavy atom. The molecule has 1 fully saturated rings. The minimum atomic E-state index is -0.288. The normalized spacial score (nSPS) is 14.5. The molecule has 0 N–H and O–H groups in total. The molecule has 0 saturated carbocycles. The molecule has 0 aromatic heterocycles. The van der Waals surface area contributed by atoms with Gasteiger partial charge in [-0.25, -0.2) is 0 Å². The smallest absolute Gasteiger partial charge is 0.293 e. The Balaban J connectivity index is 1.77. The van der Waals surface area contributed by atoms with Crippen molar-refractivity contribution in [3.8, 4) is 0 Å². The molecule has 0 bridgehead atoms. The molecule has 0 radical (unpaired) electrons. The fraction of sp³-hybridized carbons (Fsp3) is 0.250. The first kappa shape index (κ1) is 19.9. The third kappa shape index (κ3) is 4.44. The first-order valence-corrected chi connectivity index (χ1v) is 10.2. The lowest BCUT2D eigenvalue weighted by Gasteiger charge is -2.34. The summed E-state index contributed by atoms with van der Waals surface area (Å²) >= 11 is 0. The number of nitrogens with zero attached hydrogens (tertiary/aromatic N) is 4. The molecule has 0 atom stereocenters. The molecule has 1 saturated heterocycles. The molecule has 30 heavy (non-hydrogen) atoms. The molecular formula is C24H26N4O2. The number of hydrogen-bond acceptors (Lipinski definition) is 5. The summed E-state index contributed by atoms with van der Waals surface area (Å²) in [6.45, 7) is 4.35. The van der Waals surface area contributed by atoms with Crippen molar-refractivity contribution in [2.75, 3.05) is 43.0 Å². The van der Waals surface area contributed by atoms with Crippen molar-refractivity contribution < 1.29 is 4.92 Å². The van der Waals surface area contributed by atoms with Crippen molar-refractivity contribution in [3.63, 3.8) is 0 Å². The number of likely N-dealkylation sites (N-methyl/N-ethyl adjacent to an activating group) is 1. The maximum Gasteiger partial charge on any atom is 0.293 e. The highest BCUT2D eigenvalue weighted by Crippen LogP contribution is 2.38. The molecule has 0 aliphatic carbocycles. The Morgan fingerprint density at radius 1 is 0.900 bits per heavy atom. The third-order valence-electron chi connectivity index (χ3n) is 5.57. The second kappa shape index (κ2) is 8.97. The first-order chi connectivity index (χ1) is 14.6. The number of benzene rings is 3. The Kier molecular flexibility index (Phi) is 5.95. The van der Waals surface area contributed by atoms with Crippen LogP contribution in [0.4, 0.5) is 22.7 Å². The molecule has 1 aliphatic heterocycles. The minimum absolute atomic E-state index is 0.118. The second-order valence-corrected chi connectivity index (χ2v) is 7.63. The van der Waals surface area contributed by atoms with Crippen LogP contribution in [0.25, 0.3) is 0 Å². The van der Waals surface area contributed by atoms with Crippen LogP contribution in [0.3, 0.4) is 0 Å². The summed E-state index contributed by atoms with van der Waals surface area (Å²) in [6, 6.07) is 25.4. The van der Waals surface area contributed by atoms with E-state index in [9.17, 15) is 10.1 Å². The van der Waals surface area contributed by atoms with Gasteiger partial charge in [-0.1, -0.05) is 48.5 Å². The highest BCUT2D eigenvalue weighted by atomic mass is 16.6. The fourth-order valence-corrected chi connectivity index (χ4v) is 3.83. The minimum Gasteiger partial charge on any atom is -0.369 e. The number of rotatable bonds is 6. The number of anilines is 3. The van der Waals surface area contributed by atoms with E-state index in [0.717, 1.165) is 43.1 Å². The number of piperazine rings is 1. The summed E-state index contributed by atoms with van der Waals surface area (Å²) in [5.41, 5.74) is 3.79. The Hall–Kier alpha value is -3.38. The van der Waals surface area contributed by atoms with Crippen molar-refractivity contribution in [1.29, 1.82) is 0 Å². The van der Waals surface area contributed by atoms with E-state index in [0.29, 0.717) is 12.2 Å². The lowest BCUT2D eigenvalue weighted by atomic mass is 10.1. The zero-order valence-electron chi connectivity index (χ0n) is 17.1. The Labute approximate surface area is 177 Å². The van der Waals surface area contributed by atoms with Crippen LogP contribution < -0.4 is 9.80 Å². The summed E-state index contributed by atoms with van der Waals surface area (Å²) in [5, 5.41) is 11.9. The van der Waals surface area contributed by atoms with Gasteiger partial charge in [0.05, 0.1) is 4.92 Å². The van der Waals surface area contributed by atoms with Crippen LogP contribution in [0, 0.1) is 10.1 Å². The van der Waals surface area contributed by atoms with Gasteiger partial charge >= 0.3 is 0 Å². The van der Waals surface area contributed by atoms with Gasteiger partial charge in [0, 0.05) is 50.2 Å². The van der Waals surface area contributed by atoms with E-state index in [4.69, 9.17) is 0 Å². The van der Waals surface area contributed by atoms with Crippen molar-refractivity contribution in [2.45, 2.75) is 6.54 Å². The van der Waals surface area contributed by atoms with Gasteiger partial charge < -0.3 is 14.7 Å². The van der Waals surface area contributed by atoms with E-state index in [1.165, 1.54) is 0 Å². The van der Waals surface area contributed by atoms with Gasteiger partial charge in [0.15, 0.2) is 0 Å². The van der Waals surface area contributed by atoms with E-state index in [1.54, 1.807) is 6.07 Å². The predicted octanol–water partition coefficient (Wildman–Crippen LogP) is 4.68. The number of para-hydroxylation sites is 1. The van der Waals surface area contributed by atoms with E-state index in [-0.39, 0.29) is 10.6 Å². The SMILES string of the molecule is CN1CCN(c2ccc([N+](=O)[O-])c(N(Cc3ccccc3)c3ccccc3)c2)CC1. The molecule has 154 valence electrons. The highest BCUT2D eigenvalue weighted by Gasteiger charge is 2.24. The van der Waals surface area contributed by atoms with Gasteiger partial charge in [-0.2, -0.15) is 0 Å². The van der Waals surface area contributed by atoms with Crippen LogP contribution in [0.2, 0.25) is 0 Å². The highest BCUT2D eigenvalue weighted by molar-refractivity contribution is 5.76. The van der Waals surface area contributed by atoms with Gasteiger partial charge in [-0.05, 0) is 36.9 Å². The van der Waals surface area contributed by atoms with Crippen LogP contribution in [0.5, 0.6) is 0 Å². The maximum atomic E-state index is 11.9. The lowest BCUT2D eigenvalue weighted by molar-refractivity contribution is -0.384. The molecule has 0 unspecified atom stereocenters. The van der Waals surface area contributed by atoms with Crippen LogP contribution >= 0.6 is 0 Å². The molecule has 1 aliphatic rings. The molecular weight excluding hydrogens is 376 g/mol. The summed E-state index contributed by atoms with van der Waals surface area (Å²) in [5.74, 6) is 0.